The van der Waals surface area contributed by atoms with E-state index < -0.39 is 12.3 Å². The first kappa shape index (κ1) is 18.5. The van der Waals surface area contributed by atoms with Crippen LogP contribution in [0.4, 0.5) is 10.5 Å². The maximum Gasteiger partial charge on any atom is 0.412 e. The number of hydrogen-bond acceptors (Lipinski definition) is 4. The van der Waals surface area contributed by atoms with E-state index in [2.05, 4.69) is 0 Å². The standard InChI is InChI=1S/C20H23ClN2O3/c1-22(2)17-10-8-16(9-11-17)19-23(13-18(12-21)26-19)20(24)25-14-15-6-4-3-5-7-15/h3-11,18-19H,12-14H2,1-2H3. The summed E-state index contributed by atoms with van der Waals surface area (Å²) in [6.45, 7) is 0.644. The molecule has 0 bridgehead atoms. The molecule has 0 aliphatic carbocycles. The zero-order valence-corrected chi connectivity index (χ0v) is 15.7. The van der Waals surface area contributed by atoms with Gasteiger partial charge in [0.05, 0.1) is 18.5 Å². The van der Waals surface area contributed by atoms with E-state index in [1.807, 2.05) is 73.6 Å². The van der Waals surface area contributed by atoms with Crippen molar-refractivity contribution in [2.75, 3.05) is 31.4 Å². The molecular formula is C20H23ClN2O3. The van der Waals surface area contributed by atoms with E-state index in [1.54, 1.807) is 4.90 Å². The largest absolute Gasteiger partial charge is 0.444 e. The molecule has 1 fully saturated rings. The molecule has 2 atom stereocenters. The zero-order chi connectivity index (χ0) is 18.5. The van der Waals surface area contributed by atoms with E-state index in [0.717, 1.165) is 16.8 Å². The van der Waals surface area contributed by atoms with Crippen LogP contribution in [0.15, 0.2) is 54.6 Å². The molecule has 0 spiro atoms. The SMILES string of the molecule is CN(C)c1ccc(C2OC(CCl)CN2C(=O)OCc2ccccc2)cc1. The summed E-state index contributed by atoms with van der Waals surface area (Å²) in [5, 5.41) is 0. The Morgan fingerprint density at radius 1 is 1.19 bits per heavy atom. The molecule has 138 valence electrons. The Labute approximate surface area is 159 Å². The number of halogens is 1. The number of nitrogens with zero attached hydrogens (tertiary/aromatic N) is 2. The van der Waals surface area contributed by atoms with Gasteiger partial charge in [0.2, 0.25) is 0 Å². The molecule has 3 rings (SSSR count). The predicted octanol–water partition coefficient (Wildman–Crippen LogP) is 4.03. The van der Waals surface area contributed by atoms with E-state index in [9.17, 15) is 4.79 Å². The molecule has 1 aliphatic rings. The van der Waals surface area contributed by atoms with Gasteiger partial charge in [-0.05, 0) is 17.7 Å². The molecule has 2 unspecified atom stereocenters. The van der Waals surface area contributed by atoms with Gasteiger partial charge in [-0.2, -0.15) is 0 Å². The second kappa shape index (κ2) is 8.43. The molecule has 5 nitrogen and oxygen atoms in total. The van der Waals surface area contributed by atoms with E-state index in [1.165, 1.54) is 0 Å². The van der Waals surface area contributed by atoms with Crippen LogP contribution in [0, 0.1) is 0 Å². The lowest BCUT2D eigenvalue weighted by Gasteiger charge is -2.23. The summed E-state index contributed by atoms with van der Waals surface area (Å²) in [5.41, 5.74) is 2.93. The fourth-order valence-electron chi connectivity index (χ4n) is 2.87. The highest BCUT2D eigenvalue weighted by molar-refractivity contribution is 6.18. The van der Waals surface area contributed by atoms with Gasteiger partial charge in [0, 0.05) is 25.3 Å². The van der Waals surface area contributed by atoms with Crippen LogP contribution in [0.2, 0.25) is 0 Å². The minimum atomic E-state index is -0.488. The number of carbonyl (C=O) groups is 1. The average molecular weight is 375 g/mol. The quantitative estimate of drug-likeness (QED) is 0.741. The summed E-state index contributed by atoms with van der Waals surface area (Å²) in [5.74, 6) is 0.328. The van der Waals surface area contributed by atoms with Crippen LogP contribution >= 0.6 is 11.6 Å². The summed E-state index contributed by atoms with van der Waals surface area (Å²) in [6, 6.07) is 17.5. The van der Waals surface area contributed by atoms with Crippen molar-refractivity contribution in [1.29, 1.82) is 0 Å². The monoisotopic (exact) mass is 374 g/mol. The molecule has 0 saturated carbocycles. The number of alkyl halides is 1. The second-order valence-corrected chi connectivity index (χ2v) is 6.75. The van der Waals surface area contributed by atoms with Gasteiger partial charge in [0.25, 0.3) is 0 Å². The number of benzene rings is 2. The minimum absolute atomic E-state index is 0.209. The number of carbonyl (C=O) groups excluding carboxylic acids is 1. The Balaban J connectivity index is 1.71. The number of hydrogen-bond donors (Lipinski definition) is 0. The molecule has 2 aromatic carbocycles. The number of anilines is 1. The highest BCUT2D eigenvalue weighted by Gasteiger charge is 2.37. The van der Waals surface area contributed by atoms with Gasteiger partial charge in [-0.15, -0.1) is 11.6 Å². The predicted molar refractivity (Wildman–Crippen MR) is 102 cm³/mol. The van der Waals surface area contributed by atoms with Crippen molar-refractivity contribution in [3.63, 3.8) is 0 Å². The molecule has 0 aromatic heterocycles. The first-order valence-corrected chi connectivity index (χ1v) is 9.08. The highest BCUT2D eigenvalue weighted by atomic mass is 35.5. The van der Waals surface area contributed by atoms with Crippen molar-refractivity contribution in [2.45, 2.75) is 18.9 Å². The van der Waals surface area contributed by atoms with Crippen LogP contribution in [0.3, 0.4) is 0 Å². The molecule has 0 radical (unpaired) electrons. The Hall–Kier alpha value is -2.24. The van der Waals surface area contributed by atoms with E-state index >= 15 is 0 Å². The lowest BCUT2D eigenvalue weighted by Crippen LogP contribution is -2.32. The number of amides is 1. The summed E-state index contributed by atoms with van der Waals surface area (Å²) in [4.78, 5) is 16.2. The van der Waals surface area contributed by atoms with Crippen molar-refractivity contribution in [3.05, 3.63) is 65.7 Å². The molecule has 1 amide bonds. The fraction of sp³-hybridized carbons (Fsp3) is 0.350. The van der Waals surface area contributed by atoms with Gasteiger partial charge in [-0.1, -0.05) is 42.5 Å². The smallest absolute Gasteiger partial charge is 0.412 e. The molecular weight excluding hydrogens is 352 g/mol. The Bertz CT molecular complexity index is 722. The molecule has 6 heteroatoms. The topological polar surface area (TPSA) is 42.0 Å². The van der Waals surface area contributed by atoms with Gasteiger partial charge in [-0.25, -0.2) is 4.79 Å². The first-order chi connectivity index (χ1) is 12.6. The molecule has 1 aliphatic heterocycles. The summed E-state index contributed by atoms with van der Waals surface area (Å²) < 4.78 is 11.4. The third-order valence-electron chi connectivity index (χ3n) is 4.31. The van der Waals surface area contributed by atoms with Crippen LogP contribution in [-0.4, -0.2) is 43.6 Å². The lowest BCUT2D eigenvalue weighted by molar-refractivity contribution is 0.00150. The third kappa shape index (κ3) is 4.29. The van der Waals surface area contributed by atoms with Crippen LogP contribution in [0.25, 0.3) is 0 Å². The van der Waals surface area contributed by atoms with Crippen LogP contribution in [0.5, 0.6) is 0 Å². The van der Waals surface area contributed by atoms with Crippen LogP contribution < -0.4 is 4.90 Å². The van der Waals surface area contributed by atoms with Gasteiger partial charge in [0.1, 0.15) is 6.61 Å². The van der Waals surface area contributed by atoms with Crippen molar-refractivity contribution >= 4 is 23.4 Å². The van der Waals surface area contributed by atoms with Crippen molar-refractivity contribution < 1.29 is 14.3 Å². The van der Waals surface area contributed by atoms with Crippen molar-refractivity contribution in [3.8, 4) is 0 Å². The Morgan fingerprint density at radius 2 is 1.88 bits per heavy atom. The van der Waals surface area contributed by atoms with Gasteiger partial charge >= 0.3 is 6.09 Å². The van der Waals surface area contributed by atoms with Gasteiger partial charge in [0.15, 0.2) is 6.23 Å². The minimum Gasteiger partial charge on any atom is -0.444 e. The number of rotatable bonds is 5. The Kier molecular flexibility index (Phi) is 6.01. The van der Waals surface area contributed by atoms with Crippen LogP contribution in [0.1, 0.15) is 17.4 Å². The van der Waals surface area contributed by atoms with Crippen molar-refractivity contribution in [1.82, 2.24) is 4.90 Å². The molecule has 0 N–H and O–H groups in total. The average Bonchev–Trinajstić information content (AvgIpc) is 3.11. The molecule has 1 heterocycles. The zero-order valence-electron chi connectivity index (χ0n) is 15.0. The normalized spacial score (nSPS) is 19.4. The summed E-state index contributed by atoms with van der Waals surface area (Å²) in [6.07, 6.45) is -1.10. The highest BCUT2D eigenvalue weighted by Crippen LogP contribution is 2.32. The van der Waals surface area contributed by atoms with Crippen LogP contribution in [-0.2, 0) is 16.1 Å². The summed E-state index contributed by atoms with van der Waals surface area (Å²) >= 11 is 5.96. The van der Waals surface area contributed by atoms with Gasteiger partial charge < -0.3 is 14.4 Å². The van der Waals surface area contributed by atoms with Gasteiger partial charge in [-0.3, -0.25) is 4.90 Å². The molecule has 26 heavy (non-hydrogen) atoms. The maximum absolute atomic E-state index is 12.6. The first-order valence-electron chi connectivity index (χ1n) is 8.54. The van der Waals surface area contributed by atoms with E-state index in [-0.39, 0.29) is 12.7 Å². The third-order valence-corrected chi connectivity index (χ3v) is 4.66. The Morgan fingerprint density at radius 3 is 2.50 bits per heavy atom. The maximum atomic E-state index is 12.6. The molecule has 1 saturated heterocycles. The lowest BCUT2D eigenvalue weighted by atomic mass is 10.1. The second-order valence-electron chi connectivity index (χ2n) is 6.44. The van der Waals surface area contributed by atoms with E-state index in [4.69, 9.17) is 21.1 Å². The number of ether oxygens (including phenoxy) is 2. The fourth-order valence-corrected chi connectivity index (χ4v) is 3.04. The van der Waals surface area contributed by atoms with Crippen molar-refractivity contribution in [2.24, 2.45) is 0 Å². The summed E-state index contributed by atoms with van der Waals surface area (Å²) in [7, 11) is 3.97. The molecule has 2 aromatic rings. The van der Waals surface area contributed by atoms with E-state index in [0.29, 0.717) is 12.4 Å².